The van der Waals surface area contributed by atoms with Crippen LogP contribution < -0.4 is 5.32 Å². The summed E-state index contributed by atoms with van der Waals surface area (Å²) in [5, 5.41) is 16.0. The number of anilines is 1. The van der Waals surface area contributed by atoms with E-state index >= 15 is 0 Å². The van der Waals surface area contributed by atoms with Gasteiger partial charge >= 0.3 is 0 Å². The average Bonchev–Trinajstić information content (AvgIpc) is 3.25. The van der Waals surface area contributed by atoms with Crippen LogP contribution in [0, 0.1) is 19.7 Å². The first-order chi connectivity index (χ1) is 16.5. The highest BCUT2D eigenvalue weighted by Gasteiger charge is 2.21. The Morgan fingerprint density at radius 2 is 1.88 bits per heavy atom. The molecule has 1 aliphatic rings. The van der Waals surface area contributed by atoms with E-state index in [4.69, 9.17) is 0 Å². The van der Waals surface area contributed by atoms with Gasteiger partial charge in [0.05, 0.1) is 23.5 Å². The van der Waals surface area contributed by atoms with Crippen molar-refractivity contribution in [2.75, 3.05) is 5.32 Å². The molecule has 1 N–H and O–H groups in total. The SMILES string of the molecule is Cc1nn(Cc2ccccc2)c(C)c1C(=O)Nc1cc(-c2nnc3n2CCCCC3)ccc1F. The van der Waals surface area contributed by atoms with Gasteiger partial charge in [-0.15, -0.1) is 10.2 Å². The highest BCUT2D eigenvalue weighted by atomic mass is 19.1. The smallest absolute Gasteiger partial charge is 0.259 e. The van der Waals surface area contributed by atoms with Gasteiger partial charge in [0.15, 0.2) is 5.82 Å². The second-order valence-corrected chi connectivity index (χ2v) is 8.74. The molecular weight excluding hydrogens is 431 g/mol. The second kappa shape index (κ2) is 9.21. The molecule has 7 nitrogen and oxygen atoms in total. The van der Waals surface area contributed by atoms with Crippen LogP contribution in [0.25, 0.3) is 11.4 Å². The summed E-state index contributed by atoms with van der Waals surface area (Å²) < 4.78 is 18.6. The fraction of sp³-hybridized carbons (Fsp3) is 0.308. The molecule has 0 radical (unpaired) electrons. The van der Waals surface area contributed by atoms with Crippen molar-refractivity contribution >= 4 is 11.6 Å². The molecule has 8 heteroatoms. The molecule has 2 aromatic heterocycles. The van der Waals surface area contributed by atoms with Crippen LogP contribution in [-0.2, 0) is 19.5 Å². The lowest BCUT2D eigenvalue weighted by atomic mass is 10.1. The molecule has 4 aromatic rings. The summed E-state index contributed by atoms with van der Waals surface area (Å²) in [6, 6.07) is 14.6. The quantitative estimate of drug-likeness (QED) is 0.460. The molecule has 1 aliphatic heterocycles. The number of hydrogen-bond donors (Lipinski definition) is 1. The molecule has 0 spiro atoms. The zero-order valence-corrected chi connectivity index (χ0v) is 19.4. The lowest BCUT2D eigenvalue weighted by Crippen LogP contribution is -2.15. The number of rotatable bonds is 5. The fourth-order valence-electron chi connectivity index (χ4n) is 4.58. The maximum Gasteiger partial charge on any atom is 0.259 e. The molecule has 3 heterocycles. The van der Waals surface area contributed by atoms with Gasteiger partial charge in [-0.2, -0.15) is 5.10 Å². The Morgan fingerprint density at radius 1 is 1.06 bits per heavy atom. The van der Waals surface area contributed by atoms with Gasteiger partial charge in [-0.05, 0) is 50.5 Å². The van der Waals surface area contributed by atoms with E-state index in [1.54, 1.807) is 23.7 Å². The van der Waals surface area contributed by atoms with E-state index < -0.39 is 5.82 Å². The summed E-state index contributed by atoms with van der Waals surface area (Å²) >= 11 is 0. The minimum atomic E-state index is -0.500. The van der Waals surface area contributed by atoms with Crippen LogP contribution in [0.5, 0.6) is 0 Å². The van der Waals surface area contributed by atoms with Gasteiger partial charge in [0.2, 0.25) is 0 Å². The van der Waals surface area contributed by atoms with Crippen molar-refractivity contribution in [1.82, 2.24) is 24.5 Å². The first kappa shape index (κ1) is 22.0. The largest absolute Gasteiger partial charge is 0.319 e. The minimum Gasteiger partial charge on any atom is -0.319 e. The van der Waals surface area contributed by atoms with Crippen LogP contribution in [0.1, 0.15) is 52.4 Å². The second-order valence-electron chi connectivity index (χ2n) is 8.74. The van der Waals surface area contributed by atoms with E-state index in [0.29, 0.717) is 23.6 Å². The Morgan fingerprint density at radius 3 is 2.71 bits per heavy atom. The molecule has 0 saturated heterocycles. The Labute approximate surface area is 197 Å². The summed E-state index contributed by atoms with van der Waals surface area (Å²) in [6.07, 6.45) is 4.21. The standard InChI is InChI=1S/C26H27FN6O/c1-17-24(18(2)33(31-17)16-19-9-5-3-6-10-19)26(34)28-22-15-20(12-13-21(22)27)25-30-29-23-11-7-4-8-14-32(23)25/h3,5-6,9-10,12-13,15H,4,7-8,11,14,16H2,1-2H3,(H,28,34). The van der Waals surface area contributed by atoms with E-state index in [1.165, 1.54) is 6.07 Å². The number of amides is 1. The molecule has 2 aromatic carbocycles. The van der Waals surface area contributed by atoms with Crippen molar-refractivity contribution in [3.8, 4) is 11.4 Å². The van der Waals surface area contributed by atoms with E-state index in [-0.39, 0.29) is 11.6 Å². The molecule has 174 valence electrons. The van der Waals surface area contributed by atoms with Crippen molar-refractivity contribution in [2.45, 2.75) is 52.6 Å². The van der Waals surface area contributed by atoms with E-state index in [0.717, 1.165) is 54.9 Å². The number of fused-ring (bicyclic) bond motifs is 1. The minimum absolute atomic E-state index is 0.114. The summed E-state index contributed by atoms with van der Waals surface area (Å²) in [5.74, 6) is 0.778. The van der Waals surface area contributed by atoms with E-state index in [1.807, 2.05) is 37.3 Å². The van der Waals surface area contributed by atoms with Gasteiger partial charge in [-0.25, -0.2) is 4.39 Å². The maximum atomic E-state index is 14.7. The van der Waals surface area contributed by atoms with Gasteiger partial charge in [0, 0.05) is 24.2 Å². The van der Waals surface area contributed by atoms with Crippen LogP contribution in [0.15, 0.2) is 48.5 Å². The van der Waals surface area contributed by atoms with Crippen LogP contribution in [0.2, 0.25) is 0 Å². The maximum absolute atomic E-state index is 14.7. The number of halogens is 1. The topological polar surface area (TPSA) is 77.6 Å². The Bertz CT molecular complexity index is 1340. The van der Waals surface area contributed by atoms with Crippen molar-refractivity contribution < 1.29 is 9.18 Å². The monoisotopic (exact) mass is 458 g/mol. The van der Waals surface area contributed by atoms with Gasteiger partial charge in [0.25, 0.3) is 5.91 Å². The van der Waals surface area contributed by atoms with Crippen molar-refractivity contribution in [2.24, 2.45) is 0 Å². The molecule has 5 rings (SSSR count). The summed E-state index contributed by atoms with van der Waals surface area (Å²) in [7, 11) is 0. The average molecular weight is 459 g/mol. The van der Waals surface area contributed by atoms with Crippen LogP contribution >= 0.6 is 0 Å². The number of aryl methyl sites for hydroxylation is 2. The highest BCUT2D eigenvalue weighted by molar-refractivity contribution is 6.06. The summed E-state index contributed by atoms with van der Waals surface area (Å²) in [4.78, 5) is 13.2. The van der Waals surface area contributed by atoms with Crippen molar-refractivity contribution in [3.63, 3.8) is 0 Å². The lowest BCUT2D eigenvalue weighted by Gasteiger charge is -2.11. The number of benzene rings is 2. The Balaban J connectivity index is 1.41. The molecule has 0 saturated carbocycles. The Kier molecular flexibility index (Phi) is 5.96. The predicted molar refractivity (Wildman–Crippen MR) is 128 cm³/mol. The molecule has 0 aliphatic carbocycles. The van der Waals surface area contributed by atoms with Crippen molar-refractivity contribution in [3.05, 3.63) is 82.7 Å². The normalized spacial score (nSPS) is 13.4. The first-order valence-electron chi connectivity index (χ1n) is 11.6. The molecule has 34 heavy (non-hydrogen) atoms. The van der Waals surface area contributed by atoms with E-state index in [2.05, 4.69) is 25.2 Å². The zero-order valence-electron chi connectivity index (χ0n) is 19.4. The number of carbonyl (C=O) groups excluding carboxylic acids is 1. The van der Waals surface area contributed by atoms with Crippen LogP contribution in [0.4, 0.5) is 10.1 Å². The fourth-order valence-corrected chi connectivity index (χ4v) is 4.58. The molecular formula is C26H27FN6O. The van der Waals surface area contributed by atoms with E-state index in [9.17, 15) is 9.18 Å². The first-order valence-corrected chi connectivity index (χ1v) is 11.6. The molecule has 0 unspecified atom stereocenters. The number of carbonyl (C=O) groups is 1. The highest BCUT2D eigenvalue weighted by Crippen LogP contribution is 2.27. The van der Waals surface area contributed by atoms with Crippen LogP contribution in [-0.4, -0.2) is 30.5 Å². The summed E-state index contributed by atoms with van der Waals surface area (Å²) in [5.41, 5.74) is 3.72. The molecule has 0 atom stereocenters. The summed E-state index contributed by atoms with van der Waals surface area (Å²) in [6.45, 7) is 5.05. The lowest BCUT2D eigenvalue weighted by molar-refractivity contribution is 0.102. The molecule has 0 fully saturated rings. The van der Waals surface area contributed by atoms with Gasteiger partial charge in [0.1, 0.15) is 11.6 Å². The third-order valence-corrected chi connectivity index (χ3v) is 6.37. The molecule has 1 amide bonds. The number of nitrogens with zero attached hydrogens (tertiary/aromatic N) is 5. The third kappa shape index (κ3) is 4.23. The van der Waals surface area contributed by atoms with Gasteiger partial charge < -0.3 is 9.88 Å². The predicted octanol–water partition coefficient (Wildman–Crippen LogP) is 4.92. The Hall–Kier alpha value is -3.81. The third-order valence-electron chi connectivity index (χ3n) is 6.37. The van der Waals surface area contributed by atoms with Crippen molar-refractivity contribution in [1.29, 1.82) is 0 Å². The molecule has 0 bridgehead atoms. The number of nitrogens with one attached hydrogen (secondary N) is 1. The number of aromatic nitrogens is 5. The zero-order chi connectivity index (χ0) is 23.7. The van der Waals surface area contributed by atoms with Gasteiger partial charge in [-0.3, -0.25) is 9.48 Å². The number of hydrogen-bond acceptors (Lipinski definition) is 4. The van der Waals surface area contributed by atoms with Crippen LogP contribution in [0.3, 0.4) is 0 Å². The van der Waals surface area contributed by atoms with Gasteiger partial charge in [-0.1, -0.05) is 36.8 Å².